The lowest BCUT2D eigenvalue weighted by Crippen LogP contribution is -2.40. The molecule has 0 saturated carbocycles. The number of hydrogen-bond acceptors (Lipinski definition) is 8. The molecule has 5 rings (SSSR count). The van der Waals surface area contributed by atoms with Crippen molar-refractivity contribution in [2.24, 2.45) is 4.99 Å². The van der Waals surface area contributed by atoms with Gasteiger partial charge in [0.05, 0.1) is 41.7 Å². The molecule has 0 radical (unpaired) electrons. The summed E-state index contributed by atoms with van der Waals surface area (Å²) in [4.78, 5) is 32.5. The molecule has 8 nitrogen and oxygen atoms in total. The highest BCUT2D eigenvalue weighted by Gasteiger charge is 2.34. The maximum absolute atomic E-state index is 14.2. The molecule has 2 heterocycles. The topological polar surface area (TPSA) is 88.4 Å². The van der Waals surface area contributed by atoms with Crippen molar-refractivity contribution in [1.29, 1.82) is 0 Å². The van der Waals surface area contributed by atoms with E-state index in [1.807, 2.05) is 13.8 Å². The molecule has 11 heteroatoms. The number of carbonyl (C=O) groups is 1. The number of benzene rings is 3. The van der Waals surface area contributed by atoms with Crippen molar-refractivity contribution >= 4 is 35.0 Å². The minimum atomic E-state index is -0.835. The second kappa shape index (κ2) is 13.7. The molecule has 1 aromatic heterocycles. The van der Waals surface area contributed by atoms with Gasteiger partial charge in [0.25, 0.3) is 5.56 Å². The summed E-state index contributed by atoms with van der Waals surface area (Å²) >= 11 is 7.53. The van der Waals surface area contributed by atoms with Crippen molar-refractivity contribution in [3.05, 3.63) is 119 Å². The maximum Gasteiger partial charge on any atom is 0.338 e. The Morgan fingerprint density at radius 2 is 1.82 bits per heavy atom. The lowest BCUT2D eigenvalue weighted by Gasteiger charge is -2.25. The van der Waals surface area contributed by atoms with Crippen molar-refractivity contribution in [2.45, 2.75) is 46.4 Å². The summed E-state index contributed by atoms with van der Waals surface area (Å²) in [7, 11) is 1.53. The van der Waals surface area contributed by atoms with Gasteiger partial charge in [-0.2, -0.15) is 0 Å². The van der Waals surface area contributed by atoms with Crippen LogP contribution in [0.4, 0.5) is 4.39 Å². The molecule has 1 aliphatic rings. The first-order chi connectivity index (χ1) is 21.6. The Kier molecular flexibility index (Phi) is 9.74. The Labute approximate surface area is 268 Å². The Balaban J connectivity index is 1.63. The van der Waals surface area contributed by atoms with E-state index in [0.717, 1.165) is 5.56 Å². The number of ether oxygens (including phenoxy) is 4. The maximum atomic E-state index is 14.2. The molecular weight excluding hydrogens is 619 g/mol. The summed E-state index contributed by atoms with van der Waals surface area (Å²) in [5, 5.41) is 0.456. The fraction of sp³-hybridized carbons (Fsp3) is 0.265. The molecule has 0 unspecified atom stereocenters. The second-order valence-electron chi connectivity index (χ2n) is 10.5. The van der Waals surface area contributed by atoms with E-state index in [1.165, 1.54) is 35.1 Å². The minimum Gasteiger partial charge on any atom is -0.493 e. The summed E-state index contributed by atoms with van der Waals surface area (Å²) < 4.78 is 38.2. The van der Waals surface area contributed by atoms with E-state index in [0.29, 0.717) is 48.4 Å². The Bertz CT molecular complexity index is 1950. The van der Waals surface area contributed by atoms with Crippen molar-refractivity contribution in [3.8, 4) is 17.2 Å². The molecule has 1 atom stereocenters. The number of fused-ring (bicyclic) bond motifs is 1. The number of thiazole rings is 1. The van der Waals surface area contributed by atoms with Crippen LogP contribution in [0.25, 0.3) is 6.08 Å². The molecule has 0 aliphatic carbocycles. The molecule has 234 valence electrons. The van der Waals surface area contributed by atoms with Crippen LogP contribution < -0.4 is 29.1 Å². The van der Waals surface area contributed by atoms with Crippen LogP contribution in [0.2, 0.25) is 5.02 Å². The largest absolute Gasteiger partial charge is 0.493 e. The fourth-order valence-electron chi connectivity index (χ4n) is 4.96. The predicted octanol–water partition coefficient (Wildman–Crippen LogP) is 5.97. The van der Waals surface area contributed by atoms with Crippen LogP contribution in [0, 0.1) is 5.82 Å². The van der Waals surface area contributed by atoms with Gasteiger partial charge in [-0.15, -0.1) is 0 Å². The van der Waals surface area contributed by atoms with Gasteiger partial charge in [-0.25, -0.2) is 14.2 Å². The predicted molar refractivity (Wildman–Crippen MR) is 171 cm³/mol. The van der Waals surface area contributed by atoms with Crippen LogP contribution in [0.5, 0.6) is 17.2 Å². The van der Waals surface area contributed by atoms with Crippen molar-refractivity contribution in [1.82, 2.24) is 4.57 Å². The first-order valence-corrected chi connectivity index (χ1v) is 15.5. The van der Waals surface area contributed by atoms with Crippen molar-refractivity contribution in [2.75, 3.05) is 13.7 Å². The molecule has 3 aromatic carbocycles. The van der Waals surface area contributed by atoms with Gasteiger partial charge in [-0.1, -0.05) is 41.1 Å². The third-order valence-electron chi connectivity index (χ3n) is 6.95. The fourth-order valence-corrected chi connectivity index (χ4v) is 6.18. The molecule has 0 amide bonds. The highest BCUT2D eigenvalue weighted by atomic mass is 35.5. The van der Waals surface area contributed by atoms with Gasteiger partial charge >= 0.3 is 5.97 Å². The standard InChI is InChI=1S/C34H32ClFN2O6S/c1-6-42-33(40)30-20(4)37-34-38(31(30)22-9-13-27(44-19(2)3)28(16-22)41-5)32(39)29(45-34)17-23-15-24(35)10-14-26(23)43-18-21-7-11-25(36)12-8-21/h7-17,19,31H,6,18H2,1-5H3/b29-17+/t31-/m0/s1. The summed E-state index contributed by atoms with van der Waals surface area (Å²) in [6.07, 6.45) is 1.60. The number of halogens is 2. The molecule has 4 aromatic rings. The van der Waals surface area contributed by atoms with Gasteiger partial charge in [0, 0.05) is 10.6 Å². The molecule has 0 fully saturated rings. The number of carbonyl (C=O) groups excluding carboxylic acids is 1. The summed E-state index contributed by atoms with van der Waals surface area (Å²) in [6.45, 7) is 7.61. The number of methoxy groups -OCH3 is 1. The summed E-state index contributed by atoms with van der Waals surface area (Å²) in [5.41, 5.74) is 2.31. The molecule has 0 bridgehead atoms. The monoisotopic (exact) mass is 650 g/mol. The summed E-state index contributed by atoms with van der Waals surface area (Å²) in [5.74, 6) is 0.587. The van der Waals surface area contributed by atoms with E-state index in [4.69, 9.17) is 30.5 Å². The van der Waals surface area contributed by atoms with Gasteiger partial charge in [0.2, 0.25) is 0 Å². The lowest BCUT2D eigenvalue weighted by atomic mass is 9.95. The average molecular weight is 651 g/mol. The molecule has 0 spiro atoms. The quantitative estimate of drug-likeness (QED) is 0.197. The first kappa shape index (κ1) is 32.0. The van der Waals surface area contributed by atoms with E-state index in [2.05, 4.69) is 4.99 Å². The first-order valence-electron chi connectivity index (χ1n) is 14.3. The Morgan fingerprint density at radius 3 is 2.51 bits per heavy atom. The van der Waals surface area contributed by atoms with E-state index < -0.39 is 12.0 Å². The van der Waals surface area contributed by atoms with E-state index in [9.17, 15) is 14.0 Å². The van der Waals surface area contributed by atoms with Gasteiger partial charge in [0.15, 0.2) is 16.3 Å². The van der Waals surface area contributed by atoms with Gasteiger partial charge in [-0.3, -0.25) is 9.36 Å². The second-order valence-corrected chi connectivity index (χ2v) is 11.9. The smallest absolute Gasteiger partial charge is 0.338 e. The molecule has 0 N–H and O–H groups in total. The lowest BCUT2D eigenvalue weighted by molar-refractivity contribution is -0.139. The van der Waals surface area contributed by atoms with Crippen LogP contribution in [-0.2, 0) is 16.1 Å². The van der Waals surface area contributed by atoms with Gasteiger partial charge in [0.1, 0.15) is 18.2 Å². The van der Waals surface area contributed by atoms with E-state index >= 15 is 0 Å². The van der Waals surface area contributed by atoms with Crippen LogP contribution in [0.3, 0.4) is 0 Å². The normalized spacial score (nSPS) is 14.7. The van der Waals surface area contributed by atoms with Crippen LogP contribution in [0.1, 0.15) is 50.4 Å². The number of hydrogen-bond donors (Lipinski definition) is 0. The number of aromatic nitrogens is 1. The molecule has 45 heavy (non-hydrogen) atoms. The van der Waals surface area contributed by atoms with Crippen LogP contribution >= 0.6 is 22.9 Å². The zero-order valence-corrected chi connectivity index (χ0v) is 27.0. The molecule has 0 saturated heterocycles. The van der Waals surface area contributed by atoms with Gasteiger partial charge < -0.3 is 18.9 Å². The van der Waals surface area contributed by atoms with E-state index in [-0.39, 0.29) is 36.3 Å². The number of esters is 1. The highest BCUT2D eigenvalue weighted by molar-refractivity contribution is 7.07. The van der Waals surface area contributed by atoms with E-state index in [1.54, 1.807) is 68.5 Å². The van der Waals surface area contributed by atoms with Crippen LogP contribution in [0.15, 0.2) is 81.7 Å². The number of nitrogens with zero attached hydrogens (tertiary/aromatic N) is 2. The molecule has 1 aliphatic heterocycles. The molecular formula is C34H32ClFN2O6S. The van der Waals surface area contributed by atoms with Crippen LogP contribution in [-0.4, -0.2) is 30.4 Å². The zero-order chi connectivity index (χ0) is 32.2. The number of allylic oxidation sites excluding steroid dienone is 1. The van der Waals surface area contributed by atoms with Crippen molar-refractivity contribution in [3.63, 3.8) is 0 Å². The minimum absolute atomic E-state index is 0.0873. The summed E-state index contributed by atoms with van der Waals surface area (Å²) in [6, 6.07) is 15.6. The number of rotatable bonds is 10. The van der Waals surface area contributed by atoms with Crippen molar-refractivity contribution < 1.29 is 28.1 Å². The SMILES string of the molecule is CCOC(=O)C1=C(C)N=c2s/c(=C/c3cc(Cl)ccc3OCc3ccc(F)cc3)c(=O)n2[C@H]1c1ccc(OC(C)C)c(OC)c1. The Hall–Kier alpha value is -4.41. The zero-order valence-electron chi connectivity index (χ0n) is 25.4. The van der Waals surface area contributed by atoms with Gasteiger partial charge in [-0.05, 0) is 87.4 Å². The third-order valence-corrected chi connectivity index (χ3v) is 8.17. The third kappa shape index (κ3) is 6.97. The highest BCUT2D eigenvalue weighted by Crippen LogP contribution is 2.36. The average Bonchev–Trinajstić information content (AvgIpc) is 3.30. The Morgan fingerprint density at radius 1 is 1.09 bits per heavy atom.